The van der Waals surface area contributed by atoms with Crippen LogP contribution in [-0.4, -0.2) is 51.5 Å². The number of aryl methyl sites for hydroxylation is 1. The molecule has 1 aromatic heterocycles. The molecule has 7 nitrogen and oxygen atoms in total. The maximum Gasteiger partial charge on any atom is 0.306 e. The van der Waals surface area contributed by atoms with Gasteiger partial charge in [-0.3, -0.25) is 9.59 Å². The van der Waals surface area contributed by atoms with Gasteiger partial charge in [0.25, 0.3) is 5.91 Å². The number of hydrogen-bond acceptors (Lipinski definition) is 5. The monoisotopic (exact) mass is 464 g/mol. The number of para-hydroxylation sites is 1. The number of benzene rings is 2. The molecular formula is C26H29FN4O3. The van der Waals surface area contributed by atoms with Crippen molar-refractivity contribution < 1.29 is 18.7 Å². The van der Waals surface area contributed by atoms with Crippen molar-refractivity contribution in [1.82, 2.24) is 19.9 Å². The number of halogens is 1. The van der Waals surface area contributed by atoms with Crippen LogP contribution in [0.4, 0.5) is 4.39 Å². The smallest absolute Gasteiger partial charge is 0.306 e. The van der Waals surface area contributed by atoms with Crippen LogP contribution < -0.4 is 0 Å². The molecule has 1 aliphatic heterocycles. The summed E-state index contributed by atoms with van der Waals surface area (Å²) >= 11 is 0. The van der Waals surface area contributed by atoms with Gasteiger partial charge in [0.05, 0.1) is 24.4 Å². The van der Waals surface area contributed by atoms with E-state index in [1.54, 1.807) is 30.9 Å². The van der Waals surface area contributed by atoms with Crippen molar-refractivity contribution in [3.8, 4) is 5.69 Å². The Morgan fingerprint density at radius 2 is 1.74 bits per heavy atom. The Kier molecular flexibility index (Phi) is 7.35. The number of hydrogen-bond donors (Lipinski definition) is 0. The number of carbonyl (C=O) groups excluding carboxylic acids is 2. The molecule has 0 radical (unpaired) electrons. The van der Waals surface area contributed by atoms with E-state index in [-0.39, 0.29) is 36.0 Å². The molecule has 178 valence electrons. The SMILES string of the molecule is CCOC(=O)CC(c1ccc(F)cc1)C1CCN(C(=O)c2nn(-c3ccccc3)nc2C)CC1. The normalized spacial score (nSPS) is 15.2. The molecule has 1 atom stereocenters. The van der Waals surface area contributed by atoms with E-state index in [9.17, 15) is 14.0 Å². The van der Waals surface area contributed by atoms with Crippen LogP contribution in [-0.2, 0) is 9.53 Å². The maximum absolute atomic E-state index is 13.5. The average molecular weight is 465 g/mol. The van der Waals surface area contributed by atoms with E-state index in [0.29, 0.717) is 31.1 Å². The number of aromatic nitrogens is 3. The number of nitrogens with zero attached hydrogens (tertiary/aromatic N) is 4. The average Bonchev–Trinajstić information content (AvgIpc) is 3.25. The molecule has 4 rings (SSSR count). The molecule has 1 unspecified atom stereocenters. The first kappa shape index (κ1) is 23.6. The molecule has 0 saturated carbocycles. The van der Waals surface area contributed by atoms with Gasteiger partial charge in [-0.25, -0.2) is 4.39 Å². The Hall–Kier alpha value is -3.55. The summed E-state index contributed by atoms with van der Waals surface area (Å²) in [6.07, 6.45) is 1.71. The van der Waals surface area contributed by atoms with Crippen LogP contribution in [0.15, 0.2) is 54.6 Å². The number of amides is 1. The van der Waals surface area contributed by atoms with Crippen LogP contribution in [0, 0.1) is 18.7 Å². The maximum atomic E-state index is 13.5. The van der Waals surface area contributed by atoms with Gasteiger partial charge in [-0.1, -0.05) is 30.3 Å². The minimum absolute atomic E-state index is 0.0856. The third-order valence-electron chi connectivity index (χ3n) is 6.36. The zero-order chi connectivity index (χ0) is 24.1. The third kappa shape index (κ3) is 5.32. The molecule has 1 saturated heterocycles. The lowest BCUT2D eigenvalue weighted by atomic mass is 9.78. The highest BCUT2D eigenvalue weighted by atomic mass is 19.1. The highest BCUT2D eigenvalue weighted by Crippen LogP contribution is 2.36. The van der Waals surface area contributed by atoms with Crippen LogP contribution in [0.25, 0.3) is 5.69 Å². The molecule has 1 fully saturated rings. The number of ether oxygens (including phenoxy) is 1. The van der Waals surface area contributed by atoms with Crippen molar-refractivity contribution in [1.29, 1.82) is 0 Å². The van der Waals surface area contributed by atoms with Gasteiger partial charge in [0.15, 0.2) is 5.69 Å². The van der Waals surface area contributed by atoms with E-state index in [4.69, 9.17) is 4.74 Å². The first-order chi connectivity index (χ1) is 16.5. The predicted octanol–water partition coefficient (Wildman–Crippen LogP) is 4.30. The fraction of sp³-hybridized carbons (Fsp3) is 0.385. The van der Waals surface area contributed by atoms with Crippen molar-refractivity contribution in [2.24, 2.45) is 5.92 Å². The summed E-state index contributed by atoms with van der Waals surface area (Å²) in [5.41, 5.74) is 2.65. The Bertz CT molecular complexity index is 1120. The number of rotatable bonds is 7. The van der Waals surface area contributed by atoms with Crippen LogP contribution in [0.1, 0.15) is 53.8 Å². The van der Waals surface area contributed by atoms with E-state index in [0.717, 1.165) is 24.1 Å². The van der Waals surface area contributed by atoms with Crippen LogP contribution in [0.2, 0.25) is 0 Å². The fourth-order valence-corrected chi connectivity index (χ4v) is 4.57. The van der Waals surface area contributed by atoms with Crippen molar-refractivity contribution in [2.75, 3.05) is 19.7 Å². The summed E-state index contributed by atoms with van der Waals surface area (Å²) in [6, 6.07) is 15.8. The number of piperidine rings is 1. The molecular weight excluding hydrogens is 435 g/mol. The highest BCUT2D eigenvalue weighted by Gasteiger charge is 2.32. The predicted molar refractivity (Wildman–Crippen MR) is 125 cm³/mol. The van der Waals surface area contributed by atoms with Gasteiger partial charge in [0.1, 0.15) is 5.82 Å². The van der Waals surface area contributed by atoms with Gasteiger partial charge in [0, 0.05) is 13.1 Å². The Labute approximate surface area is 198 Å². The van der Waals surface area contributed by atoms with Gasteiger partial charge in [-0.15, -0.1) is 5.10 Å². The minimum atomic E-state index is -0.307. The van der Waals surface area contributed by atoms with Crippen molar-refractivity contribution in [3.63, 3.8) is 0 Å². The van der Waals surface area contributed by atoms with Gasteiger partial charge in [-0.2, -0.15) is 9.90 Å². The molecule has 1 aliphatic rings. The van der Waals surface area contributed by atoms with E-state index >= 15 is 0 Å². The molecule has 2 aromatic carbocycles. The van der Waals surface area contributed by atoms with E-state index < -0.39 is 0 Å². The number of esters is 1. The van der Waals surface area contributed by atoms with Gasteiger partial charge in [-0.05, 0) is 68.4 Å². The second-order valence-electron chi connectivity index (χ2n) is 8.56. The summed E-state index contributed by atoms with van der Waals surface area (Å²) in [5, 5.41) is 8.86. The second-order valence-corrected chi connectivity index (χ2v) is 8.56. The molecule has 0 bridgehead atoms. The Morgan fingerprint density at radius 1 is 1.06 bits per heavy atom. The van der Waals surface area contributed by atoms with Crippen LogP contribution >= 0.6 is 0 Å². The third-order valence-corrected chi connectivity index (χ3v) is 6.36. The van der Waals surface area contributed by atoms with Crippen molar-refractivity contribution >= 4 is 11.9 Å². The van der Waals surface area contributed by atoms with Crippen LogP contribution in [0.3, 0.4) is 0 Å². The lowest BCUT2D eigenvalue weighted by molar-refractivity contribution is -0.144. The summed E-state index contributed by atoms with van der Waals surface area (Å²) in [6.45, 7) is 5.01. The van der Waals surface area contributed by atoms with E-state index in [1.807, 2.05) is 30.3 Å². The summed E-state index contributed by atoms with van der Waals surface area (Å²) < 4.78 is 18.7. The zero-order valence-electron chi connectivity index (χ0n) is 19.5. The largest absolute Gasteiger partial charge is 0.466 e. The lowest BCUT2D eigenvalue weighted by Gasteiger charge is -2.36. The van der Waals surface area contributed by atoms with Gasteiger partial charge in [0.2, 0.25) is 0 Å². The summed E-state index contributed by atoms with van der Waals surface area (Å²) in [4.78, 5) is 28.8. The van der Waals surface area contributed by atoms with Crippen molar-refractivity contribution in [3.05, 3.63) is 77.4 Å². The Morgan fingerprint density at radius 3 is 2.38 bits per heavy atom. The standard InChI is InChI=1S/C26H29FN4O3/c1-3-34-24(32)17-23(19-9-11-21(27)12-10-19)20-13-15-30(16-14-20)26(33)25-18(2)28-31(29-25)22-7-5-4-6-8-22/h4-12,20,23H,3,13-17H2,1-2H3. The van der Waals surface area contributed by atoms with Gasteiger partial charge >= 0.3 is 5.97 Å². The van der Waals surface area contributed by atoms with Crippen LogP contribution in [0.5, 0.6) is 0 Å². The van der Waals surface area contributed by atoms with E-state index in [2.05, 4.69) is 10.2 Å². The molecule has 2 heterocycles. The summed E-state index contributed by atoms with van der Waals surface area (Å²) in [5.74, 6) is -0.610. The zero-order valence-corrected chi connectivity index (χ0v) is 19.5. The fourth-order valence-electron chi connectivity index (χ4n) is 4.57. The molecule has 34 heavy (non-hydrogen) atoms. The quantitative estimate of drug-likeness (QED) is 0.487. The first-order valence-electron chi connectivity index (χ1n) is 11.7. The molecule has 1 amide bonds. The summed E-state index contributed by atoms with van der Waals surface area (Å²) in [7, 11) is 0. The first-order valence-corrected chi connectivity index (χ1v) is 11.7. The van der Waals surface area contributed by atoms with E-state index in [1.165, 1.54) is 16.9 Å². The number of carbonyl (C=O) groups is 2. The molecule has 8 heteroatoms. The molecule has 0 aliphatic carbocycles. The number of likely N-dealkylation sites (tertiary alicyclic amines) is 1. The highest BCUT2D eigenvalue weighted by molar-refractivity contribution is 5.93. The molecule has 0 spiro atoms. The lowest BCUT2D eigenvalue weighted by Crippen LogP contribution is -2.40. The second kappa shape index (κ2) is 10.6. The minimum Gasteiger partial charge on any atom is -0.466 e. The van der Waals surface area contributed by atoms with Crippen molar-refractivity contribution in [2.45, 2.75) is 39.0 Å². The van der Waals surface area contributed by atoms with Gasteiger partial charge < -0.3 is 9.64 Å². The Balaban J connectivity index is 1.45. The topological polar surface area (TPSA) is 77.3 Å². The molecule has 3 aromatic rings. The molecule has 0 N–H and O–H groups in total.